The molecule has 8 atom stereocenters. The van der Waals surface area contributed by atoms with Gasteiger partial charge in [0.25, 0.3) is 0 Å². The zero-order valence-corrected chi connectivity index (χ0v) is 24.3. The molecule has 230 valence electrons. The average Bonchev–Trinajstić information content (AvgIpc) is 3.49. The number of oxime groups is 1. The quantitative estimate of drug-likeness (QED) is 0.176. The Morgan fingerprint density at radius 1 is 1.15 bits per heavy atom. The Kier molecular flexibility index (Phi) is 8.62. The first-order valence-electron chi connectivity index (χ1n) is 15.2. The zero-order valence-electron chi connectivity index (χ0n) is 24.3. The fourth-order valence-corrected chi connectivity index (χ4v) is 9.18. The summed E-state index contributed by atoms with van der Waals surface area (Å²) in [5, 5.41) is 17.3. The smallest absolute Gasteiger partial charge is 0.391 e. The minimum absolute atomic E-state index is 0.00653. The molecule has 5 rings (SSSR count). The number of nitrogens with one attached hydrogen (secondary N) is 1. The SMILES string of the molecule is C/C(=N\OC(=O)N(CCC1NCCC1O)COC(F)(F)F)[C@H]1CC[C@H]2[C@@H]3CCC4=CC(=O)CC[C@]4(C)[C@H]3CC[C@]12C. The molecule has 41 heavy (non-hydrogen) atoms. The lowest BCUT2D eigenvalue weighted by atomic mass is 9.46. The molecule has 0 bridgehead atoms. The minimum atomic E-state index is -4.89. The van der Waals surface area contributed by atoms with Crippen LogP contribution in [0.15, 0.2) is 16.8 Å². The predicted molar refractivity (Wildman–Crippen MR) is 146 cm³/mol. The molecule has 4 aliphatic carbocycles. The number of hydrogen-bond donors (Lipinski definition) is 2. The molecule has 1 heterocycles. The number of hydrogen-bond acceptors (Lipinski definition) is 7. The summed E-state index contributed by atoms with van der Waals surface area (Å²) in [6, 6.07) is -0.311. The summed E-state index contributed by atoms with van der Waals surface area (Å²) >= 11 is 0. The summed E-state index contributed by atoms with van der Waals surface area (Å²) in [6.07, 6.45) is 3.99. The van der Waals surface area contributed by atoms with Gasteiger partial charge in [-0.1, -0.05) is 24.6 Å². The van der Waals surface area contributed by atoms with E-state index >= 15 is 0 Å². The van der Waals surface area contributed by atoms with E-state index in [0.29, 0.717) is 42.9 Å². The van der Waals surface area contributed by atoms with Crippen LogP contribution in [-0.4, -0.2) is 65.9 Å². The number of rotatable bonds is 7. The fourth-order valence-electron chi connectivity index (χ4n) is 9.18. The van der Waals surface area contributed by atoms with Gasteiger partial charge in [-0.25, -0.2) is 4.79 Å². The molecule has 0 radical (unpaired) electrons. The maximum absolute atomic E-state index is 12.8. The number of ether oxygens (including phenoxy) is 1. The predicted octanol–water partition coefficient (Wildman–Crippen LogP) is 5.56. The average molecular weight is 584 g/mol. The number of aliphatic hydroxyl groups is 1. The number of ketones is 1. The summed E-state index contributed by atoms with van der Waals surface area (Å²) in [7, 11) is 0. The van der Waals surface area contributed by atoms with Crippen molar-refractivity contribution in [2.75, 3.05) is 19.8 Å². The van der Waals surface area contributed by atoms with Gasteiger partial charge >= 0.3 is 12.5 Å². The highest BCUT2D eigenvalue weighted by atomic mass is 19.4. The Morgan fingerprint density at radius 2 is 1.93 bits per heavy atom. The van der Waals surface area contributed by atoms with Crippen molar-refractivity contribution >= 4 is 17.6 Å². The molecule has 0 spiro atoms. The number of alkyl halides is 3. The molecule has 5 aliphatic rings. The van der Waals surface area contributed by atoms with E-state index in [-0.39, 0.29) is 41.5 Å². The van der Waals surface area contributed by atoms with Crippen molar-refractivity contribution in [1.29, 1.82) is 0 Å². The fraction of sp³-hybridized carbons (Fsp3) is 0.833. The number of allylic oxidation sites excluding steroid dienone is 1. The molecule has 4 fully saturated rings. The summed E-state index contributed by atoms with van der Waals surface area (Å²) in [5.74, 6) is 2.05. The van der Waals surface area contributed by atoms with Crippen LogP contribution in [0.1, 0.15) is 85.0 Å². The molecule has 2 N–H and O–H groups in total. The molecule has 0 aromatic heterocycles. The number of aliphatic hydroxyl groups excluding tert-OH is 1. The van der Waals surface area contributed by atoms with Crippen LogP contribution in [0.5, 0.6) is 0 Å². The first kappa shape index (κ1) is 30.5. The van der Waals surface area contributed by atoms with E-state index in [1.807, 2.05) is 13.0 Å². The molecule has 1 aliphatic heterocycles. The van der Waals surface area contributed by atoms with Gasteiger partial charge in [0, 0.05) is 24.9 Å². The van der Waals surface area contributed by atoms with E-state index < -0.39 is 25.3 Å². The van der Waals surface area contributed by atoms with Crippen LogP contribution in [0.25, 0.3) is 0 Å². The molecular weight excluding hydrogens is 539 g/mol. The monoisotopic (exact) mass is 583 g/mol. The van der Waals surface area contributed by atoms with E-state index in [4.69, 9.17) is 4.84 Å². The first-order chi connectivity index (χ1) is 19.3. The van der Waals surface area contributed by atoms with E-state index in [9.17, 15) is 27.9 Å². The van der Waals surface area contributed by atoms with Crippen LogP contribution in [0.4, 0.5) is 18.0 Å². The highest BCUT2D eigenvalue weighted by Crippen LogP contribution is 2.66. The van der Waals surface area contributed by atoms with Gasteiger partial charge in [-0.15, -0.1) is 13.2 Å². The van der Waals surface area contributed by atoms with Crippen LogP contribution in [-0.2, 0) is 14.4 Å². The highest BCUT2D eigenvalue weighted by Gasteiger charge is 2.59. The number of amides is 1. The molecule has 0 aromatic carbocycles. The molecule has 1 saturated heterocycles. The Morgan fingerprint density at radius 3 is 2.63 bits per heavy atom. The van der Waals surface area contributed by atoms with Crippen molar-refractivity contribution < 1.29 is 37.4 Å². The van der Waals surface area contributed by atoms with Crippen LogP contribution in [0.2, 0.25) is 0 Å². The highest BCUT2D eigenvalue weighted by molar-refractivity contribution is 5.91. The van der Waals surface area contributed by atoms with Crippen molar-refractivity contribution in [3.05, 3.63) is 11.6 Å². The lowest BCUT2D eigenvalue weighted by molar-refractivity contribution is -0.334. The minimum Gasteiger partial charge on any atom is -0.391 e. The molecule has 11 heteroatoms. The maximum Gasteiger partial charge on any atom is 0.524 e. The summed E-state index contributed by atoms with van der Waals surface area (Å²) < 4.78 is 42.2. The second kappa shape index (κ2) is 11.6. The lowest BCUT2D eigenvalue weighted by Gasteiger charge is -2.58. The molecule has 3 saturated carbocycles. The van der Waals surface area contributed by atoms with Gasteiger partial charge in [0.15, 0.2) is 5.78 Å². The Bertz CT molecular complexity index is 1080. The third-order valence-corrected chi connectivity index (χ3v) is 11.4. The van der Waals surface area contributed by atoms with Gasteiger partial charge in [-0.3, -0.25) is 19.3 Å². The van der Waals surface area contributed by atoms with Crippen molar-refractivity contribution in [1.82, 2.24) is 10.2 Å². The Balaban J connectivity index is 1.24. The number of fused-ring (bicyclic) bond motifs is 5. The molecule has 8 nitrogen and oxygen atoms in total. The molecule has 0 aromatic rings. The van der Waals surface area contributed by atoms with E-state index in [1.165, 1.54) is 5.57 Å². The number of nitrogens with zero attached hydrogens (tertiary/aromatic N) is 2. The summed E-state index contributed by atoms with van der Waals surface area (Å²) in [5.41, 5.74) is 2.14. The number of halogens is 3. The molecular formula is C30H44F3N3O5. The standard InChI is InChI=1S/C30H44F3N3O5/c1-18(35-41-27(39)36(17-40-30(31,32)33)15-11-25-26(38)10-14-34-25)22-6-7-23-21-5-4-19-16-20(37)8-12-28(19,2)24(21)9-13-29(22,23)3/h16,21-26,34,38H,4-15,17H2,1-3H3/b35-18+/t21-,22+,23-,24-,25?,26?,28-,29+/m0/s1. The van der Waals surface area contributed by atoms with Gasteiger partial charge in [0.2, 0.25) is 0 Å². The third-order valence-electron chi connectivity index (χ3n) is 11.4. The third kappa shape index (κ3) is 6.09. The largest absolute Gasteiger partial charge is 0.524 e. The van der Waals surface area contributed by atoms with E-state index in [1.54, 1.807) is 0 Å². The van der Waals surface area contributed by atoms with Crippen LogP contribution < -0.4 is 5.32 Å². The summed E-state index contributed by atoms with van der Waals surface area (Å²) in [6.45, 7) is 6.06. The van der Waals surface area contributed by atoms with Gasteiger partial charge in [-0.2, -0.15) is 0 Å². The topological polar surface area (TPSA) is 100 Å². The van der Waals surface area contributed by atoms with Crippen LogP contribution >= 0.6 is 0 Å². The van der Waals surface area contributed by atoms with E-state index in [0.717, 1.165) is 49.8 Å². The van der Waals surface area contributed by atoms with Crippen molar-refractivity contribution in [3.63, 3.8) is 0 Å². The van der Waals surface area contributed by atoms with Gasteiger partial charge in [0.05, 0.1) is 11.8 Å². The molecule has 1 amide bonds. The summed E-state index contributed by atoms with van der Waals surface area (Å²) in [4.78, 5) is 31.0. The zero-order chi connectivity index (χ0) is 29.6. The molecule has 2 unspecified atom stereocenters. The van der Waals surface area contributed by atoms with Gasteiger partial charge < -0.3 is 10.4 Å². The lowest BCUT2D eigenvalue weighted by Crippen LogP contribution is -2.51. The van der Waals surface area contributed by atoms with Gasteiger partial charge in [0.1, 0.15) is 6.73 Å². The number of carbonyl (C=O) groups is 2. The Labute approximate surface area is 240 Å². The van der Waals surface area contributed by atoms with Crippen molar-refractivity contribution in [2.45, 2.75) is 103 Å². The van der Waals surface area contributed by atoms with Crippen molar-refractivity contribution in [3.8, 4) is 0 Å². The van der Waals surface area contributed by atoms with Crippen LogP contribution in [0, 0.1) is 34.5 Å². The second-order valence-corrected chi connectivity index (χ2v) is 13.4. The normalized spacial score (nSPS) is 39.0. The van der Waals surface area contributed by atoms with E-state index in [2.05, 4.69) is 29.1 Å². The Hall–Kier alpha value is -1.98. The second-order valence-electron chi connectivity index (χ2n) is 13.4. The van der Waals surface area contributed by atoms with Gasteiger partial charge in [-0.05, 0) is 106 Å². The van der Waals surface area contributed by atoms with Crippen LogP contribution in [0.3, 0.4) is 0 Å². The number of carbonyl (C=O) groups excluding carboxylic acids is 2. The first-order valence-corrected chi connectivity index (χ1v) is 15.2. The maximum atomic E-state index is 12.8. The van der Waals surface area contributed by atoms with Crippen molar-refractivity contribution in [2.24, 2.45) is 39.7 Å².